The maximum absolute atomic E-state index is 13.0. The molecule has 0 unspecified atom stereocenters. The number of rotatable bonds is 2. The summed E-state index contributed by atoms with van der Waals surface area (Å²) < 4.78 is 26.8. The molecule has 1 amide bonds. The number of anilines is 1. The highest BCUT2D eigenvalue weighted by Crippen LogP contribution is 2.19. The van der Waals surface area contributed by atoms with Crippen molar-refractivity contribution in [1.82, 2.24) is 0 Å². The number of carbonyl (C=O) groups excluding carboxylic acids is 1. The minimum atomic E-state index is -0.735. The Labute approximate surface area is 117 Å². The highest BCUT2D eigenvalue weighted by atomic mass is 79.9. The van der Waals surface area contributed by atoms with Crippen molar-refractivity contribution in [3.8, 4) is 0 Å². The molecule has 0 aliphatic rings. The molecule has 0 aliphatic heterocycles. The zero-order valence-electron chi connectivity index (χ0n) is 10.0. The van der Waals surface area contributed by atoms with Crippen molar-refractivity contribution < 1.29 is 13.6 Å². The van der Waals surface area contributed by atoms with Gasteiger partial charge in [0.05, 0.1) is 0 Å². The van der Waals surface area contributed by atoms with Crippen molar-refractivity contribution in [2.24, 2.45) is 0 Å². The van der Waals surface area contributed by atoms with Crippen LogP contribution in [0.1, 0.15) is 15.9 Å². The monoisotopic (exact) mass is 325 g/mol. The topological polar surface area (TPSA) is 29.1 Å². The van der Waals surface area contributed by atoms with Crippen LogP contribution < -0.4 is 5.32 Å². The predicted octanol–water partition coefficient (Wildman–Crippen LogP) is 4.29. The van der Waals surface area contributed by atoms with Crippen LogP contribution in [0.3, 0.4) is 0 Å². The molecule has 0 saturated heterocycles. The Bertz CT molecular complexity index is 623. The fraction of sp³-hybridized carbons (Fsp3) is 0.0714. The van der Waals surface area contributed by atoms with Gasteiger partial charge in [-0.1, -0.05) is 22.0 Å². The van der Waals surface area contributed by atoms with Gasteiger partial charge in [-0.25, -0.2) is 8.78 Å². The van der Waals surface area contributed by atoms with Gasteiger partial charge in [0, 0.05) is 21.8 Å². The second kappa shape index (κ2) is 5.48. The van der Waals surface area contributed by atoms with Crippen LogP contribution in [0.5, 0.6) is 0 Å². The lowest BCUT2D eigenvalue weighted by Gasteiger charge is -2.08. The first-order valence-corrected chi connectivity index (χ1v) is 6.28. The molecule has 5 heteroatoms. The number of benzene rings is 2. The Kier molecular flexibility index (Phi) is 3.95. The van der Waals surface area contributed by atoms with Gasteiger partial charge in [0.1, 0.15) is 11.6 Å². The summed E-state index contributed by atoms with van der Waals surface area (Å²) in [5, 5.41) is 2.47. The normalized spacial score (nSPS) is 10.3. The lowest BCUT2D eigenvalue weighted by Crippen LogP contribution is -2.13. The SMILES string of the molecule is Cc1ccc(Br)cc1C(=O)Nc1cc(F)cc(F)c1. The molecule has 2 nitrogen and oxygen atoms in total. The van der Waals surface area contributed by atoms with Crippen LogP contribution in [0.25, 0.3) is 0 Å². The number of hydrogen-bond acceptors (Lipinski definition) is 1. The van der Waals surface area contributed by atoms with Gasteiger partial charge in [0.25, 0.3) is 5.91 Å². The van der Waals surface area contributed by atoms with E-state index >= 15 is 0 Å². The van der Waals surface area contributed by atoms with Gasteiger partial charge in [-0.05, 0) is 36.8 Å². The van der Waals surface area contributed by atoms with E-state index in [2.05, 4.69) is 21.2 Å². The Hall–Kier alpha value is -1.75. The van der Waals surface area contributed by atoms with Crippen LogP contribution >= 0.6 is 15.9 Å². The van der Waals surface area contributed by atoms with E-state index in [1.807, 2.05) is 6.07 Å². The number of aryl methyl sites for hydroxylation is 1. The zero-order chi connectivity index (χ0) is 14.0. The fourth-order valence-corrected chi connectivity index (χ4v) is 2.02. The smallest absolute Gasteiger partial charge is 0.255 e. The van der Waals surface area contributed by atoms with Crippen LogP contribution in [0, 0.1) is 18.6 Å². The molecule has 0 spiro atoms. The number of amides is 1. The van der Waals surface area contributed by atoms with E-state index in [9.17, 15) is 13.6 Å². The molecule has 2 rings (SSSR count). The molecule has 0 aromatic heterocycles. The molecular weight excluding hydrogens is 316 g/mol. The Morgan fingerprint density at radius 2 is 1.74 bits per heavy atom. The standard InChI is InChI=1S/C14H10BrF2NO/c1-8-2-3-9(15)4-13(8)14(19)18-12-6-10(16)5-11(17)7-12/h2-7H,1H3,(H,18,19). The van der Waals surface area contributed by atoms with Gasteiger partial charge in [-0.15, -0.1) is 0 Å². The third-order valence-electron chi connectivity index (χ3n) is 2.56. The van der Waals surface area contributed by atoms with E-state index in [1.165, 1.54) is 0 Å². The molecule has 19 heavy (non-hydrogen) atoms. The molecule has 0 aliphatic carbocycles. The maximum Gasteiger partial charge on any atom is 0.255 e. The predicted molar refractivity (Wildman–Crippen MR) is 73.2 cm³/mol. The summed E-state index contributed by atoms with van der Waals surface area (Å²) in [4.78, 5) is 12.0. The summed E-state index contributed by atoms with van der Waals surface area (Å²) in [7, 11) is 0. The molecular formula is C14H10BrF2NO. The second-order valence-electron chi connectivity index (χ2n) is 4.07. The zero-order valence-corrected chi connectivity index (χ0v) is 11.6. The maximum atomic E-state index is 13.0. The van der Waals surface area contributed by atoms with E-state index in [0.29, 0.717) is 5.56 Å². The summed E-state index contributed by atoms with van der Waals surface area (Å²) in [6, 6.07) is 8.13. The van der Waals surface area contributed by atoms with E-state index < -0.39 is 17.5 Å². The average Bonchev–Trinajstić information content (AvgIpc) is 2.30. The lowest BCUT2D eigenvalue weighted by atomic mass is 10.1. The minimum absolute atomic E-state index is 0.0851. The van der Waals surface area contributed by atoms with Crippen LogP contribution in [0.4, 0.5) is 14.5 Å². The molecule has 2 aromatic carbocycles. The first-order valence-electron chi connectivity index (χ1n) is 5.49. The average molecular weight is 326 g/mol. The van der Waals surface area contributed by atoms with Gasteiger partial charge in [-0.2, -0.15) is 0 Å². The first-order chi connectivity index (χ1) is 8.95. The van der Waals surface area contributed by atoms with Gasteiger partial charge >= 0.3 is 0 Å². The van der Waals surface area contributed by atoms with E-state index in [-0.39, 0.29) is 5.69 Å². The summed E-state index contributed by atoms with van der Waals surface area (Å²) >= 11 is 3.27. The minimum Gasteiger partial charge on any atom is -0.322 e. The molecule has 1 N–H and O–H groups in total. The Balaban J connectivity index is 2.28. The van der Waals surface area contributed by atoms with E-state index in [0.717, 1.165) is 28.2 Å². The molecule has 2 aromatic rings. The van der Waals surface area contributed by atoms with Crippen LogP contribution in [0.2, 0.25) is 0 Å². The molecule has 0 heterocycles. The second-order valence-corrected chi connectivity index (χ2v) is 4.99. The van der Waals surface area contributed by atoms with Crippen molar-refractivity contribution in [1.29, 1.82) is 0 Å². The Morgan fingerprint density at radius 3 is 2.37 bits per heavy atom. The highest BCUT2D eigenvalue weighted by Gasteiger charge is 2.11. The lowest BCUT2D eigenvalue weighted by molar-refractivity contribution is 0.102. The van der Waals surface area contributed by atoms with Gasteiger partial charge in [-0.3, -0.25) is 4.79 Å². The van der Waals surface area contributed by atoms with E-state index in [1.54, 1.807) is 19.1 Å². The van der Waals surface area contributed by atoms with Crippen LogP contribution in [0.15, 0.2) is 40.9 Å². The number of halogens is 3. The van der Waals surface area contributed by atoms with Gasteiger partial charge in [0.2, 0.25) is 0 Å². The quantitative estimate of drug-likeness (QED) is 0.876. The molecule has 0 radical (unpaired) electrons. The summed E-state index contributed by atoms with van der Waals surface area (Å²) in [5.74, 6) is -1.88. The molecule has 0 saturated carbocycles. The number of nitrogens with one attached hydrogen (secondary N) is 1. The summed E-state index contributed by atoms with van der Waals surface area (Å²) in [6.45, 7) is 1.79. The van der Waals surface area contributed by atoms with Crippen molar-refractivity contribution in [3.05, 3.63) is 63.6 Å². The molecule has 0 fully saturated rings. The van der Waals surface area contributed by atoms with Gasteiger partial charge < -0.3 is 5.32 Å². The van der Waals surface area contributed by atoms with Crippen molar-refractivity contribution >= 4 is 27.5 Å². The molecule has 98 valence electrons. The largest absolute Gasteiger partial charge is 0.322 e. The van der Waals surface area contributed by atoms with Crippen molar-refractivity contribution in [2.75, 3.05) is 5.32 Å². The van der Waals surface area contributed by atoms with Crippen LogP contribution in [-0.4, -0.2) is 5.91 Å². The number of hydrogen-bond donors (Lipinski definition) is 1. The first kappa shape index (κ1) is 13.7. The third kappa shape index (κ3) is 3.38. The Morgan fingerprint density at radius 1 is 1.11 bits per heavy atom. The molecule has 0 atom stereocenters. The summed E-state index contributed by atoms with van der Waals surface area (Å²) in [6.07, 6.45) is 0. The van der Waals surface area contributed by atoms with Gasteiger partial charge in [0.15, 0.2) is 0 Å². The van der Waals surface area contributed by atoms with Crippen molar-refractivity contribution in [2.45, 2.75) is 6.92 Å². The molecule has 0 bridgehead atoms. The summed E-state index contributed by atoms with van der Waals surface area (Å²) in [5.41, 5.74) is 1.30. The number of carbonyl (C=O) groups is 1. The third-order valence-corrected chi connectivity index (χ3v) is 3.06. The van der Waals surface area contributed by atoms with Crippen LogP contribution in [-0.2, 0) is 0 Å². The van der Waals surface area contributed by atoms with Crippen molar-refractivity contribution in [3.63, 3.8) is 0 Å². The fourth-order valence-electron chi connectivity index (χ4n) is 1.66. The highest BCUT2D eigenvalue weighted by molar-refractivity contribution is 9.10. The van der Waals surface area contributed by atoms with E-state index in [4.69, 9.17) is 0 Å².